The van der Waals surface area contributed by atoms with E-state index in [1.807, 2.05) is 11.8 Å². The fraction of sp³-hybridized carbons (Fsp3) is 0.500. The molecule has 0 amide bonds. The van der Waals surface area contributed by atoms with Gasteiger partial charge in [-0.2, -0.15) is 11.8 Å². The molecule has 13 heavy (non-hydrogen) atoms. The lowest BCUT2D eigenvalue weighted by Gasteiger charge is -2.12. The number of hydrazine groups is 1. The molecule has 0 saturated heterocycles. The van der Waals surface area contributed by atoms with Crippen LogP contribution in [0.2, 0.25) is 0 Å². The van der Waals surface area contributed by atoms with Crippen LogP contribution in [-0.4, -0.2) is 18.1 Å². The van der Waals surface area contributed by atoms with Crippen molar-refractivity contribution in [3.63, 3.8) is 0 Å². The summed E-state index contributed by atoms with van der Waals surface area (Å²) in [6.07, 6.45) is 3.10. The van der Waals surface area contributed by atoms with E-state index < -0.39 is 0 Å². The number of hydrogen-bond donors (Lipinski definition) is 2. The number of hydrogen-bond acceptors (Lipinski definition) is 4. The van der Waals surface area contributed by atoms with E-state index >= 15 is 0 Å². The Morgan fingerprint density at radius 3 is 2.92 bits per heavy atom. The van der Waals surface area contributed by atoms with Crippen molar-refractivity contribution in [2.24, 2.45) is 5.84 Å². The minimum Gasteiger partial charge on any atom is -0.271 e. The third-order valence-corrected chi connectivity index (χ3v) is 4.06. The Morgan fingerprint density at radius 1 is 1.69 bits per heavy atom. The Bertz CT molecular complexity index is 252. The van der Waals surface area contributed by atoms with Crippen molar-refractivity contribution in [2.45, 2.75) is 12.5 Å². The molecule has 74 valence electrons. The van der Waals surface area contributed by atoms with Crippen LogP contribution in [-0.2, 0) is 6.42 Å². The molecule has 5 heteroatoms. The highest BCUT2D eigenvalue weighted by atomic mass is 79.9. The molecule has 1 heterocycles. The second kappa shape index (κ2) is 6.03. The summed E-state index contributed by atoms with van der Waals surface area (Å²) in [5.41, 5.74) is 2.83. The monoisotopic (exact) mass is 280 g/mol. The number of nitrogens with two attached hydrogens (primary N) is 1. The topological polar surface area (TPSA) is 38.0 Å². The molecule has 0 saturated carbocycles. The maximum Gasteiger partial charge on any atom is 0.0701 e. The van der Waals surface area contributed by atoms with Crippen molar-refractivity contribution in [2.75, 3.05) is 12.0 Å². The Labute approximate surface area is 95.4 Å². The lowest BCUT2D eigenvalue weighted by atomic mass is 10.2. The molecule has 0 aliphatic heterocycles. The second-order valence-electron chi connectivity index (χ2n) is 2.73. The molecule has 1 unspecified atom stereocenters. The smallest absolute Gasteiger partial charge is 0.0701 e. The first-order valence-corrected chi connectivity index (χ1v) is 6.96. The quantitative estimate of drug-likeness (QED) is 0.642. The molecule has 1 aromatic rings. The molecule has 0 aliphatic rings. The standard InChI is InChI=1S/C8H13BrN2S2/c1-12-5-6(11-10)4-7-2-3-8(9)13-7/h2-3,6,11H,4-5,10H2,1H3. The van der Waals surface area contributed by atoms with Gasteiger partial charge in [0, 0.05) is 16.7 Å². The van der Waals surface area contributed by atoms with Crippen LogP contribution in [0.15, 0.2) is 15.9 Å². The zero-order chi connectivity index (χ0) is 9.68. The maximum atomic E-state index is 5.44. The number of nitrogens with one attached hydrogen (secondary N) is 1. The van der Waals surface area contributed by atoms with Gasteiger partial charge < -0.3 is 0 Å². The van der Waals surface area contributed by atoms with E-state index in [0.29, 0.717) is 6.04 Å². The lowest BCUT2D eigenvalue weighted by molar-refractivity contribution is 0.579. The summed E-state index contributed by atoms with van der Waals surface area (Å²) >= 11 is 7.02. The van der Waals surface area contributed by atoms with Crippen molar-refractivity contribution >= 4 is 39.0 Å². The predicted octanol–water partition coefficient (Wildman–Crippen LogP) is 2.25. The Kier molecular flexibility index (Phi) is 5.35. The van der Waals surface area contributed by atoms with Gasteiger partial charge in [-0.15, -0.1) is 11.3 Å². The summed E-state index contributed by atoms with van der Waals surface area (Å²) in [5.74, 6) is 6.49. The van der Waals surface area contributed by atoms with Crippen LogP contribution < -0.4 is 11.3 Å². The minimum absolute atomic E-state index is 0.376. The highest BCUT2D eigenvalue weighted by Gasteiger charge is 2.07. The van der Waals surface area contributed by atoms with Crippen molar-refractivity contribution in [1.82, 2.24) is 5.43 Å². The van der Waals surface area contributed by atoms with Gasteiger partial charge in [-0.1, -0.05) is 0 Å². The van der Waals surface area contributed by atoms with Gasteiger partial charge in [-0.3, -0.25) is 11.3 Å². The van der Waals surface area contributed by atoms with Gasteiger partial charge in [-0.05, 0) is 40.7 Å². The van der Waals surface area contributed by atoms with Crippen molar-refractivity contribution in [3.8, 4) is 0 Å². The summed E-state index contributed by atoms with van der Waals surface area (Å²) < 4.78 is 1.18. The number of thioether (sulfide) groups is 1. The summed E-state index contributed by atoms with van der Waals surface area (Å²) in [6, 6.07) is 4.59. The van der Waals surface area contributed by atoms with E-state index in [1.54, 1.807) is 11.3 Å². The molecule has 2 nitrogen and oxygen atoms in total. The average molecular weight is 281 g/mol. The second-order valence-corrected chi connectivity index (χ2v) is 6.19. The Morgan fingerprint density at radius 2 is 2.46 bits per heavy atom. The highest BCUT2D eigenvalue weighted by Crippen LogP contribution is 2.23. The summed E-state index contributed by atoms with van der Waals surface area (Å²) in [6.45, 7) is 0. The maximum absolute atomic E-state index is 5.44. The number of rotatable bonds is 5. The van der Waals surface area contributed by atoms with Gasteiger partial charge >= 0.3 is 0 Å². The van der Waals surface area contributed by atoms with Crippen LogP contribution >= 0.6 is 39.0 Å². The summed E-state index contributed by atoms with van der Waals surface area (Å²) in [7, 11) is 0. The first kappa shape index (κ1) is 11.5. The molecule has 0 spiro atoms. The van der Waals surface area contributed by atoms with Gasteiger partial charge in [-0.25, -0.2) is 0 Å². The lowest BCUT2D eigenvalue weighted by Crippen LogP contribution is -2.38. The molecular formula is C8H13BrN2S2. The largest absolute Gasteiger partial charge is 0.271 e. The molecule has 0 bridgehead atoms. The molecule has 1 rings (SSSR count). The van der Waals surface area contributed by atoms with E-state index in [4.69, 9.17) is 5.84 Å². The molecular weight excluding hydrogens is 268 g/mol. The first-order valence-electron chi connectivity index (χ1n) is 3.95. The molecule has 1 atom stereocenters. The van der Waals surface area contributed by atoms with Gasteiger partial charge in [0.1, 0.15) is 0 Å². The Balaban J connectivity index is 2.46. The first-order chi connectivity index (χ1) is 6.26. The molecule has 0 aromatic carbocycles. The molecule has 0 fully saturated rings. The highest BCUT2D eigenvalue weighted by molar-refractivity contribution is 9.11. The van der Waals surface area contributed by atoms with Crippen molar-refractivity contribution < 1.29 is 0 Å². The average Bonchev–Trinajstić information content (AvgIpc) is 2.50. The van der Waals surface area contributed by atoms with E-state index in [1.165, 1.54) is 8.66 Å². The number of halogens is 1. The normalized spacial score (nSPS) is 13.2. The third-order valence-electron chi connectivity index (χ3n) is 1.68. The van der Waals surface area contributed by atoms with Crippen LogP contribution in [0.5, 0.6) is 0 Å². The molecule has 0 radical (unpaired) electrons. The van der Waals surface area contributed by atoms with E-state index in [2.05, 4.69) is 39.7 Å². The molecule has 0 aliphatic carbocycles. The molecule has 1 aromatic heterocycles. The van der Waals surface area contributed by atoms with E-state index in [-0.39, 0.29) is 0 Å². The van der Waals surface area contributed by atoms with Gasteiger partial charge in [0.25, 0.3) is 0 Å². The van der Waals surface area contributed by atoms with Crippen LogP contribution in [0.1, 0.15) is 4.88 Å². The minimum atomic E-state index is 0.376. The van der Waals surface area contributed by atoms with Crippen molar-refractivity contribution in [3.05, 3.63) is 20.8 Å². The van der Waals surface area contributed by atoms with Crippen LogP contribution in [0.25, 0.3) is 0 Å². The van der Waals surface area contributed by atoms with Crippen LogP contribution in [0.3, 0.4) is 0 Å². The van der Waals surface area contributed by atoms with E-state index in [0.717, 1.165) is 12.2 Å². The SMILES string of the molecule is CSCC(Cc1ccc(Br)s1)NN. The van der Waals surface area contributed by atoms with Gasteiger partial charge in [0.05, 0.1) is 3.79 Å². The zero-order valence-corrected chi connectivity index (χ0v) is 10.6. The fourth-order valence-corrected chi connectivity index (χ4v) is 3.25. The summed E-state index contributed by atoms with van der Waals surface area (Å²) in [5, 5.41) is 0. The third kappa shape index (κ3) is 3.99. The van der Waals surface area contributed by atoms with Gasteiger partial charge in [0.2, 0.25) is 0 Å². The summed E-state index contributed by atoms with van der Waals surface area (Å²) in [4.78, 5) is 1.36. The Hall–Kier alpha value is 0.450. The fourth-order valence-electron chi connectivity index (χ4n) is 1.07. The van der Waals surface area contributed by atoms with Crippen LogP contribution in [0.4, 0.5) is 0 Å². The van der Waals surface area contributed by atoms with E-state index in [9.17, 15) is 0 Å². The van der Waals surface area contributed by atoms with Crippen LogP contribution in [0, 0.1) is 0 Å². The van der Waals surface area contributed by atoms with Gasteiger partial charge in [0.15, 0.2) is 0 Å². The zero-order valence-electron chi connectivity index (χ0n) is 7.42. The number of thiophene rings is 1. The predicted molar refractivity (Wildman–Crippen MR) is 65.2 cm³/mol. The molecule has 3 N–H and O–H groups in total. The van der Waals surface area contributed by atoms with Crippen molar-refractivity contribution in [1.29, 1.82) is 0 Å².